The average Bonchev–Trinajstić information content (AvgIpc) is 2.40. The van der Waals surface area contributed by atoms with Crippen LogP contribution < -0.4 is 0 Å². The maximum atomic E-state index is 13.4. The van der Waals surface area contributed by atoms with Crippen LogP contribution in [0.3, 0.4) is 0 Å². The van der Waals surface area contributed by atoms with Crippen molar-refractivity contribution >= 4 is 12.0 Å². The van der Waals surface area contributed by atoms with Gasteiger partial charge in [0.25, 0.3) is 0 Å². The number of halogens is 1. The molecular weight excluding hydrogens is 245 g/mol. The summed E-state index contributed by atoms with van der Waals surface area (Å²) in [5.41, 5.74) is 0.421. The van der Waals surface area contributed by atoms with Gasteiger partial charge in [0, 0.05) is 18.2 Å². The molecular formula is C15H18FNO2. The second-order valence-electron chi connectivity index (χ2n) is 4.84. The summed E-state index contributed by atoms with van der Waals surface area (Å²) < 4.78 is 18.9. The summed E-state index contributed by atoms with van der Waals surface area (Å²) in [7, 11) is 0. The molecule has 2 atom stereocenters. The Morgan fingerprint density at radius 3 is 2.89 bits per heavy atom. The molecule has 0 aromatic heterocycles. The minimum absolute atomic E-state index is 0.0435. The van der Waals surface area contributed by atoms with Gasteiger partial charge in [0.05, 0.1) is 18.8 Å². The van der Waals surface area contributed by atoms with E-state index in [1.165, 1.54) is 18.2 Å². The van der Waals surface area contributed by atoms with Crippen molar-refractivity contribution in [3.8, 4) is 0 Å². The van der Waals surface area contributed by atoms with E-state index in [0.717, 1.165) is 0 Å². The summed E-state index contributed by atoms with van der Waals surface area (Å²) in [5, 5.41) is 0. The van der Waals surface area contributed by atoms with Gasteiger partial charge in [-0.25, -0.2) is 4.39 Å². The molecule has 102 valence electrons. The van der Waals surface area contributed by atoms with Gasteiger partial charge in [0.1, 0.15) is 5.82 Å². The molecule has 1 saturated heterocycles. The molecule has 2 unspecified atom stereocenters. The number of hydrogen-bond acceptors (Lipinski definition) is 2. The lowest BCUT2D eigenvalue weighted by Gasteiger charge is -2.36. The van der Waals surface area contributed by atoms with Gasteiger partial charge in [-0.2, -0.15) is 0 Å². The Kier molecular flexibility index (Phi) is 4.32. The molecule has 19 heavy (non-hydrogen) atoms. The Labute approximate surface area is 112 Å². The molecule has 2 rings (SSSR count). The van der Waals surface area contributed by atoms with Crippen LogP contribution in [0.1, 0.15) is 19.4 Å². The maximum absolute atomic E-state index is 13.4. The summed E-state index contributed by atoms with van der Waals surface area (Å²) in [6.07, 6.45) is 2.99. The van der Waals surface area contributed by atoms with E-state index in [1.54, 1.807) is 23.1 Å². The molecule has 1 aromatic carbocycles. The third-order valence-electron chi connectivity index (χ3n) is 3.20. The largest absolute Gasteiger partial charge is 0.375 e. The van der Waals surface area contributed by atoms with Gasteiger partial charge >= 0.3 is 0 Å². The van der Waals surface area contributed by atoms with E-state index in [-0.39, 0.29) is 23.9 Å². The van der Waals surface area contributed by atoms with E-state index in [1.807, 2.05) is 13.8 Å². The first kappa shape index (κ1) is 13.7. The summed E-state index contributed by atoms with van der Waals surface area (Å²) in [6, 6.07) is 6.44. The maximum Gasteiger partial charge on any atom is 0.246 e. The standard InChI is InChI=1S/C15H18FNO2/c1-11-10-19-12(2)9-17(11)15(18)8-7-13-5-3-4-6-14(13)16/h3-8,11-12H,9-10H2,1-2H3. The van der Waals surface area contributed by atoms with Crippen molar-refractivity contribution in [1.29, 1.82) is 0 Å². The number of rotatable bonds is 2. The van der Waals surface area contributed by atoms with Gasteiger partial charge < -0.3 is 9.64 Å². The number of hydrogen-bond donors (Lipinski definition) is 0. The summed E-state index contributed by atoms with van der Waals surface area (Å²) in [5.74, 6) is -0.430. The first-order valence-electron chi connectivity index (χ1n) is 6.42. The third-order valence-corrected chi connectivity index (χ3v) is 3.20. The smallest absolute Gasteiger partial charge is 0.246 e. The highest BCUT2D eigenvalue weighted by Gasteiger charge is 2.25. The van der Waals surface area contributed by atoms with Crippen LogP contribution in [0, 0.1) is 5.82 Å². The zero-order chi connectivity index (χ0) is 13.8. The van der Waals surface area contributed by atoms with Gasteiger partial charge in [-0.05, 0) is 26.0 Å². The predicted octanol–water partition coefficient (Wildman–Crippen LogP) is 2.47. The Morgan fingerprint density at radius 1 is 1.42 bits per heavy atom. The molecule has 1 aromatic rings. The molecule has 1 heterocycles. The number of nitrogens with zero attached hydrogens (tertiary/aromatic N) is 1. The molecule has 4 heteroatoms. The van der Waals surface area contributed by atoms with E-state index >= 15 is 0 Å². The van der Waals surface area contributed by atoms with Crippen molar-refractivity contribution in [2.45, 2.75) is 26.0 Å². The predicted molar refractivity (Wildman–Crippen MR) is 72.0 cm³/mol. The summed E-state index contributed by atoms with van der Waals surface area (Å²) >= 11 is 0. The zero-order valence-corrected chi connectivity index (χ0v) is 11.2. The lowest BCUT2D eigenvalue weighted by molar-refractivity contribution is -0.137. The Hall–Kier alpha value is -1.68. The number of amides is 1. The van der Waals surface area contributed by atoms with Crippen LogP contribution in [0.2, 0.25) is 0 Å². The van der Waals surface area contributed by atoms with E-state index in [9.17, 15) is 9.18 Å². The van der Waals surface area contributed by atoms with E-state index < -0.39 is 0 Å². The SMILES string of the molecule is CC1CN(C(=O)C=Cc2ccccc2F)C(C)CO1. The third kappa shape index (κ3) is 3.41. The Bertz CT molecular complexity index is 487. The van der Waals surface area contributed by atoms with Crippen molar-refractivity contribution < 1.29 is 13.9 Å². The lowest BCUT2D eigenvalue weighted by atomic mass is 10.1. The second kappa shape index (κ2) is 5.97. The van der Waals surface area contributed by atoms with Crippen molar-refractivity contribution in [2.75, 3.05) is 13.2 Å². The number of carbonyl (C=O) groups excluding carboxylic acids is 1. The van der Waals surface area contributed by atoms with Crippen LogP contribution in [0.25, 0.3) is 6.08 Å². The van der Waals surface area contributed by atoms with Gasteiger partial charge in [-0.3, -0.25) is 4.79 Å². The Morgan fingerprint density at radius 2 is 2.16 bits per heavy atom. The molecule has 3 nitrogen and oxygen atoms in total. The van der Waals surface area contributed by atoms with Crippen LogP contribution in [0.15, 0.2) is 30.3 Å². The molecule has 0 saturated carbocycles. The zero-order valence-electron chi connectivity index (χ0n) is 11.2. The first-order valence-corrected chi connectivity index (χ1v) is 6.42. The molecule has 0 aliphatic carbocycles. The molecule has 1 fully saturated rings. The number of ether oxygens (including phenoxy) is 1. The number of carbonyl (C=O) groups is 1. The number of benzene rings is 1. The van der Waals surface area contributed by atoms with Gasteiger partial charge in [-0.15, -0.1) is 0 Å². The van der Waals surface area contributed by atoms with Crippen LogP contribution >= 0.6 is 0 Å². The lowest BCUT2D eigenvalue weighted by Crippen LogP contribution is -2.49. The highest BCUT2D eigenvalue weighted by atomic mass is 19.1. The Balaban J connectivity index is 2.06. The normalized spacial score (nSPS) is 23.8. The fraction of sp³-hybridized carbons (Fsp3) is 0.400. The summed E-state index contributed by atoms with van der Waals surface area (Å²) in [6.45, 7) is 5.00. The topological polar surface area (TPSA) is 29.5 Å². The van der Waals surface area contributed by atoms with E-state index in [2.05, 4.69) is 0 Å². The first-order chi connectivity index (χ1) is 9.08. The molecule has 1 amide bonds. The highest BCUT2D eigenvalue weighted by molar-refractivity contribution is 5.92. The molecule has 1 aliphatic rings. The number of morpholine rings is 1. The fourth-order valence-corrected chi connectivity index (χ4v) is 2.08. The van der Waals surface area contributed by atoms with Gasteiger partial charge in [0.15, 0.2) is 0 Å². The van der Waals surface area contributed by atoms with Crippen molar-refractivity contribution in [2.24, 2.45) is 0 Å². The van der Waals surface area contributed by atoms with Crippen LogP contribution in [0.4, 0.5) is 4.39 Å². The molecule has 0 N–H and O–H groups in total. The monoisotopic (exact) mass is 263 g/mol. The van der Waals surface area contributed by atoms with Gasteiger partial charge in [-0.1, -0.05) is 18.2 Å². The van der Waals surface area contributed by atoms with Crippen molar-refractivity contribution in [3.63, 3.8) is 0 Å². The van der Waals surface area contributed by atoms with Crippen molar-refractivity contribution in [3.05, 3.63) is 41.7 Å². The average molecular weight is 263 g/mol. The van der Waals surface area contributed by atoms with Crippen LogP contribution in [0.5, 0.6) is 0 Å². The van der Waals surface area contributed by atoms with Crippen LogP contribution in [-0.4, -0.2) is 36.1 Å². The molecule has 1 aliphatic heterocycles. The molecule has 0 bridgehead atoms. The molecule has 0 radical (unpaired) electrons. The highest BCUT2D eigenvalue weighted by Crippen LogP contribution is 2.13. The summed E-state index contributed by atoms with van der Waals surface area (Å²) in [4.78, 5) is 13.9. The van der Waals surface area contributed by atoms with Crippen molar-refractivity contribution in [1.82, 2.24) is 4.90 Å². The molecule has 0 spiro atoms. The van der Waals surface area contributed by atoms with Crippen LogP contribution in [-0.2, 0) is 9.53 Å². The fourth-order valence-electron chi connectivity index (χ4n) is 2.08. The quantitative estimate of drug-likeness (QED) is 0.767. The minimum atomic E-state index is -0.324. The van der Waals surface area contributed by atoms with E-state index in [4.69, 9.17) is 4.74 Å². The minimum Gasteiger partial charge on any atom is -0.375 e. The van der Waals surface area contributed by atoms with E-state index in [0.29, 0.717) is 18.7 Å². The van der Waals surface area contributed by atoms with Gasteiger partial charge in [0.2, 0.25) is 5.91 Å². The second-order valence-corrected chi connectivity index (χ2v) is 4.84.